The third-order valence-corrected chi connectivity index (χ3v) is 9.03. The lowest BCUT2D eigenvalue weighted by molar-refractivity contribution is -0.142. The molecule has 8 heteroatoms. The molecule has 1 aliphatic heterocycles. The molecular weight excluding hydrogens is 444 g/mol. The zero-order chi connectivity index (χ0) is 25.0. The molecule has 2 heterocycles. The van der Waals surface area contributed by atoms with Crippen molar-refractivity contribution < 1.29 is 19.4 Å². The van der Waals surface area contributed by atoms with Crippen molar-refractivity contribution in [3.63, 3.8) is 0 Å². The van der Waals surface area contributed by atoms with Crippen LogP contribution in [0.25, 0.3) is 0 Å². The fourth-order valence-corrected chi connectivity index (χ4v) is 6.77. The van der Waals surface area contributed by atoms with Crippen LogP contribution in [0.3, 0.4) is 0 Å². The van der Waals surface area contributed by atoms with Crippen LogP contribution < -0.4 is 10.6 Å². The number of aromatic nitrogens is 1. The molecular formula is C27H42N4O4. The highest BCUT2D eigenvalue weighted by Crippen LogP contribution is 2.55. The Morgan fingerprint density at radius 3 is 2.63 bits per heavy atom. The average molecular weight is 487 g/mol. The molecule has 0 aromatic carbocycles. The second-order valence-electron chi connectivity index (χ2n) is 11.1. The molecule has 1 aromatic heterocycles. The molecule has 3 fully saturated rings. The van der Waals surface area contributed by atoms with Crippen molar-refractivity contribution >= 4 is 11.8 Å². The van der Waals surface area contributed by atoms with E-state index in [-0.39, 0.29) is 46.9 Å². The molecule has 0 radical (unpaired) electrons. The normalized spacial score (nSPS) is 34.5. The summed E-state index contributed by atoms with van der Waals surface area (Å²) in [6.07, 6.45) is 6.41. The van der Waals surface area contributed by atoms with Crippen molar-refractivity contribution in [3.8, 4) is 0 Å². The summed E-state index contributed by atoms with van der Waals surface area (Å²) in [5.74, 6) is -0.235. The highest BCUT2D eigenvalue weighted by Gasteiger charge is 2.53. The minimum Gasteiger partial charge on any atom is -0.392 e. The lowest BCUT2D eigenvalue weighted by atomic mass is 9.51. The van der Waals surface area contributed by atoms with E-state index in [0.29, 0.717) is 12.1 Å². The Bertz CT molecular complexity index is 862. The number of nitrogens with one attached hydrogen (secondary N) is 2. The highest BCUT2D eigenvalue weighted by atomic mass is 16.5. The molecule has 4 rings (SSSR count). The van der Waals surface area contributed by atoms with Gasteiger partial charge in [-0.15, -0.1) is 0 Å². The summed E-state index contributed by atoms with van der Waals surface area (Å²) in [7, 11) is 0. The summed E-state index contributed by atoms with van der Waals surface area (Å²) in [6, 6.07) is 3.44. The molecule has 1 aromatic rings. The number of nitrogens with zero attached hydrogens (tertiary/aromatic N) is 2. The van der Waals surface area contributed by atoms with Crippen LogP contribution in [0.2, 0.25) is 0 Å². The van der Waals surface area contributed by atoms with Crippen molar-refractivity contribution in [3.05, 3.63) is 30.1 Å². The molecule has 3 aliphatic rings. The fraction of sp³-hybridized carbons (Fsp3) is 0.741. The van der Waals surface area contributed by atoms with Crippen LogP contribution in [0.1, 0.15) is 56.8 Å². The lowest BCUT2D eigenvalue weighted by Gasteiger charge is -2.56. The molecule has 1 saturated heterocycles. The number of ether oxygens (including phenoxy) is 1. The summed E-state index contributed by atoms with van der Waals surface area (Å²) in [5, 5.41) is 17.9. The summed E-state index contributed by atoms with van der Waals surface area (Å²) < 4.78 is 5.39. The Labute approximate surface area is 209 Å². The van der Waals surface area contributed by atoms with Gasteiger partial charge in [-0.25, -0.2) is 0 Å². The molecule has 7 atom stereocenters. The minimum absolute atomic E-state index is 0.000189. The van der Waals surface area contributed by atoms with Crippen LogP contribution in [0, 0.1) is 29.1 Å². The van der Waals surface area contributed by atoms with E-state index in [1.54, 1.807) is 24.5 Å². The first kappa shape index (κ1) is 26.0. The fourth-order valence-electron chi connectivity index (χ4n) is 6.77. The van der Waals surface area contributed by atoms with E-state index in [4.69, 9.17) is 4.74 Å². The summed E-state index contributed by atoms with van der Waals surface area (Å²) >= 11 is 0. The van der Waals surface area contributed by atoms with Gasteiger partial charge in [-0.3, -0.25) is 19.5 Å². The quantitative estimate of drug-likeness (QED) is 0.545. The Hall–Kier alpha value is -2.03. The van der Waals surface area contributed by atoms with E-state index in [1.165, 1.54) is 0 Å². The molecule has 0 bridgehead atoms. The van der Waals surface area contributed by atoms with E-state index in [1.807, 2.05) is 6.92 Å². The van der Waals surface area contributed by atoms with Crippen LogP contribution in [-0.4, -0.2) is 78.3 Å². The first-order valence-corrected chi connectivity index (χ1v) is 13.3. The van der Waals surface area contributed by atoms with Gasteiger partial charge in [0.1, 0.15) is 0 Å². The van der Waals surface area contributed by atoms with E-state index in [2.05, 4.69) is 34.4 Å². The number of pyridine rings is 1. The van der Waals surface area contributed by atoms with Crippen LogP contribution in [0.4, 0.5) is 0 Å². The molecule has 35 heavy (non-hydrogen) atoms. The lowest BCUT2D eigenvalue weighted by Crippen LogP contribution is -2.58. The predicted molar refractivity (Wildman–Crippen MR) is 134 cm³/mol. The van der Waals surface area contributed by atoms with Crippen molar-refractivity contribution in [2.45, 2.75) is 58.6 Å². The van der Waals surface area contributed by atoms with Gasteiger partial charge in [-0.1, -0.05) is 20.8 Å². The summed E-state index contributed by atoms with van der Waals surface area (Å²) in [4.78, 5) is 32.1. The van der Waals surface area contributed by atoms with Gasteiger partial charge < -0.3 is 20.5 Å². The van der Waals surface area contributed by atoms with Gasteiger partial charge in [0.2, 0.25) is 5.91 Å². The van der Waals surface area contributed by atoms with Gasteiger partial charge in [-0.2, -0.15) is 0 Å². The molecule has 0 unspecified atom stereocenters. The van der Waals surface area contributed by atoms with E-state index in [9.17, 15) is 14.7 Å². The van der Waals surface area contributed by atoms with Gasteiger partial charge in [0, 0.05) is 56.1 Å². The molecule has 3 N–H and O–H groups in total. The molecule has 8 nitrogen and oxygen atoms in total. The number of morpholine rings is 1. The SMILES string of the molecule is C[C@H]1[C@@H]2[C@@H](O)[C@H]([C@H](C)C(=O)NCCN3CCOCC3)CC[C@@]2(C)CC[C@@H]1NC(=O)c1ccncc1. The first-order valence-electron chi connectivity index (χ1n) is 13.3. The molecule has 2 aliphatic carbocycles. The molecule has 2 amide bonds. The van der Waals surface area contributed by atoms with Gasteiger partial charge >= 0.3 is 0 Å². The van der Waals surface area contributed by atoms with E-state index >= 15 is 0 Å². The number of carbonyl (C=O) groups excluding carboxylic acids is 2. The monoisotopic (exact) mass is 486 g/mol. The highest BCUT2D eigenvalue weighted by molar-refractivity contribution is 5.94. The van der Waals surface area contributed by atoms with Crippen molar-refractivity contribution in [1.82, 2.24) is 20.5 Å². The van der Waals surface area contributed by atoms with E-state index in [0.717, 1.165) is 58.5 Å². The van der Waals surface area contributed by atoms with E-state index < -0.39 is 6.10 Å². The van der Waals surface area contributed by atoms with Gasteiger partial charge in [-0.05, 0) is 61.0 Å². The van der Waals surface area contributed by atoms with Crippen LogP contribution in [-0.2, 0) is 9.53 Å². The Balaban J connectivity index is 1.36. The smallest absolute Gasteiger partial charge is 0.251 e. The van der Waals surface area contributed by atoms with Gasteiger partial charge in [0.25, 0.3) is 5.91 Å². The summed E-state index contributed by atoms with van der Waals surface area (Å²) in [5.41, 5.74) is 0.629. The topological polar surface area (TPSA) is 104 Å². The largest absolute Gasteiger partial charge is 0.392 e. The molecule has 2 saturated carbocycles. The number of fused-ring (bicyclic) bond motifs is 1. The number of hydrogen-bond donors (Lipinski definition) is 3. The summed E-state index contributed by atoms with van der Waals surface area (Å²) in [6.45, 7) is 11.1. The molecule has 0 spiro atoms. The van der Waals surface area contributed by atoms with Crippen molar-refractivity contribution in [2.75, 3.05) is 39.4 Å². The number of amides is 2. The minimum atomic E-state index is -0.565. The van der Waals surface area contributed by atoms with Crippen LogP contribution >= 0.6 is 0 Å². The maximum absolute atomic E-state index is 13.0. The number of hydrogen-bond acceptors (Lipinski definition) is 6. The second-order valence-corrected chi connectivity index (χ2v) is 11.1. The van der Waals surface area contributed by atoms with Crippen molar-refractivity contribution in [2.24, 2.45) is 29.1 Å². The average Bonchev–Trinajstić information content (AvgIpc) is 2.86. The zero-order valence-electron chi connectivity index (χ0n) is 21.4. The third-order valence-electron chi connectivity index (χ3n) is 9.03. The van der Waals surface area contributed by atoms with Gasteiger partial charge in [0.15, 0.2) is 0 Å². The van der Waals surface area contributed by atoms with Crippen LogP contribution in [0.15, 0.2) is 24.5 Å². The number of carbonyl (C=O) groups is 2. The zero-order valence-corrected chi connectivity index (χ0v) is 21.4. The van der Waals surface area contributed by atoms with Crippen LogP contribution in [0.5, 0.6) is 0 Å². The standard InChI is InChI=1S/C27H42N4O4/c1-18(25(33)29-12-13-31-14-16-35-17-15-31)21-4-8-27(3)9-5-22(19(2)23(27)24(21)32)30-26(34)20-6-10-28-11-7-20/h6-7,10-11,18-19,21-24,32H,4-5,8-9,12-17H2,1-3H3,(H,29,33)(H,30,34)/t18-,19+,21-,22-,23+,24-,27-/m0/s1. The Morgan fingerprint density at radius 1 is 1.23 bits per heavy atom. The molecule has 194 valence electrons. The third kappa shape index (κ3) is 5.87. The number of aliphatic hydroxyl groups is 1. The predicted octanol–water partition coefficient (Wildman–Crippen LogP) is 2.09. The van der Waals surface area contributed by atoms with Crippen molar-refractivity contribution in [1.29, 1.82) is 0 Å². The number of rotatable bonds is 7. The maximum Gasteiger partial charge on any atom is 0.251 e. The second kappa shape index (κ2) is 11.4. The Morgan fingerprint density at radius 2 is 1.91 bits per heavy atom. The first-order chi connectivity index (χ1) is 16.8. The maximum atomic E-state index is 13.0. The number of aliphatic hydroxyl groups excluding tert-OH is 1. The Kier molecular flexibility index (Phi) is 8.45. The van der Waals surface area contributed by atoms with Gasteiger partial charge in [0.05, 0.1) is 19.3 Å².